The van der Waals surface area contributed by atoms with E-state index in [1.807, 2.05) is 0 Å². The molecule has 0 aliphatic heterocycles. The van der Waals surface area contributed by atoms with Gasteiger partial charge in [-0.2, -0.15) is 18.3 Å². The molecule has 32 heavy (non-hydrogen) atoms. The summed E-state index contributed by atoms with van der Waals surface area (Å²) in [4.78, 5) is 12.5. The van der Waals surface area contributed by atoms with Crippen molar-refractivity contribution in [2.45, 2.75) is 17.9 Å². The van der Waals surface area contributed by atoms with Gasteiger partial charge in [-0.3, -0.25) is 0 Å². The number of aromatic nitrogens is 2. The minimum absolute atomic E-state index is 0.0252. The van der Waals surface area contributed by atoms with Gasteiger partial charge in [0.05, 0.1) is 24.6 Å². The number of hydrogen-bond acceptors (Lipinski definition) is 7. The molecule has 3 aromatic rings. The lowest BCUT2D eigenvalue weighted by Crippen LogP contribution is -2.21. The summed E-state index contributed by atoms with van der Waals surface area (Å²) in [6, 6.07) is 6.93. The largest absolute Gasteiger partial charge is 0.493 e. The van der Waals surface area contributed by atoms with Crippen LogP contribution in [0.3, 0.4) is 0 Å². The number of furan rings is 1. The Morgan fingerprint density at radius 3 is 2.56 bits per heavy atom. The highest BCUT2D eigenvalue weighted by molar-refractivity contribution is 7.88. The first-order valence-corrected chi connectivity index (χ1v) is 10.4. The zero-order chi connectivity index (χ0) is 23.7. The van der Waals surface area contributed by atoms with Crippen LogP contribution in [0.25, 0.3) is 5.69 Å². The zero-order valence-electron chi connectivity index (χ0n) is 17.1. The third-order valence-corrected chi connectivity index (χ3v) is 5.94. The molecule has 2 heterocycles. The third-order valence-electron chi connectivity index (χ3n) is 4.25. The van der Waals surface area contributed by atoms with Gasteiger partial charge in [0.2, 0.25) is 10.8 Å². The molecule has 2 aromatic heterocycles. The van der Waals surface area contributed by atoms with E-state index in [2.05, 4.69) is 5.10 Å². The van der Waals surface area contributed by atoms with E-state index in [0.29, 0.717) is 0 Å². The van der Waals surface area contributed by atoms with Gasteiger partial charge in [0, 0.05) is 14.1 Å². The fourth-order valence-electron chi connectivity index (χ4n) is 2.57. The monoisotopic (exact) mass is 473 g/mol. The van der Waals surface area contributed by atoms with Crippen LogP contribution in [0.4, 0.5) is 13.2 Å². The Balaban J connectivity index is 1.79. The van der Waals surface area contributed by atoms with E-state index < -0.39 is 34.3 Å². The Bertz CT molecular complexity index is 1230. The van der Waals surface area contributed by atoms with Gasteiger partial charge in [-0.15, -0.1) is 0 Å². The number of nitrogens with zero attached hydrogens (tertiary/aromatic N) is 3. The first-order chi connectivity index (χ1) is 14.9. The Hall–Kier alpha value is -3.32. The lowest BCUT2D eigenvalue weighted by Gasteiger charge is -2.08. The van der Waals surface area contributed by atoms with Gasteiger partial charge in [-0.05, 0) is 30.3 Å². The van der Waals surface area contributed by atoms with Gasteiger partial charge in [0.15, 0.2) is 5.75 Å². The fourth-order valence-corrected chi connectivity index (χ4v) is 3.38. The minimum Gasteiger partial charge on any atom is -0.493 e. The van der Waals surface area contributed by atoms with Crippen molar-refractivity contribution in [2.75, 3.05) is 21.2 Å². The molecule has 3 rings (SSSR count). The van der Waals surface area contributed by atoms with Crippen LogP contribution in [0.1, 0.15) is 21.8 Å². The lowest BCUT2D eigenvalue weighted by molar-refractivity contribution is -0.137. The maximum atomic E-state index is 13.0. The van der Waals surface area contributed by atoms with Gasteiger partial charge in [-0.1, -0.05) is 6.07 Å². The van der Waals surface area contributed by atoms with Crippen molar-refractivity contribution < 1.29 is 40.3 Å². The maximum absolute atomic E-state index is 13.0. The molecule has 0 amide bonds. The Morgan fingerprint density at radius 2 is 1.94 bits per heavy atom. The average molecular weight is 473 g/mol. The van der Waals surface area contributed by atoms with Gasteiger partial charge in [0.25, 0.3) is 10.0 Å². The molecule has 0 bridgehead atoms. The van der Waals surface area contributed by atoms with Crippen molar-refractivity contribution in [2.24, 2.45) is 0 Å². The lowest BCUT2D eigenvalue weighted by atomic mass is 10.2. The highest BCUT2D eigenvalue weighted by Crippen LogP contribution is 2.31. The van der Waals surface area contributed by atoms with Crippen molar-refractivity contribution in [3.63, 3.8) is 0 Å². The molecule has 0 saturated carbocycles. The summed E-state index contributed by atoms with van der Waals surface area (Å²) in [5, 5.41) is 3.65. The number of esters is 1. The smallest absolute Gasteiger partial charge is 0.416 e. The van der Waals surface area contributed by atoms with E-state index in [9.17, 15) is 26.4 Å². The number of hydrogen-bond donors (Lipinski definition) is 0. The van der Waals surface area contributed by atoms with Crippen LogP contribution < -0.4 is 4.74 Å². The first-order valence-electron chi connectivity index (χ1n) is 8.93. The Kier molecular flexibility index (Phi) is 6.32. The summed E-state index contributed by atoms with van der Waals surface area (Å²) >= 11 is 0. The summed E-state index contributed by atoms with van der Waals surface area (Å²) in [6.07, 6.45) is -3.31. The minimum atomic E-state index is -4.54. The molecule has 0 fully saturated rings. The second-order valence-corrected chi connectivity index (χ2v) is 8.71. The molecule has 0 atom stereocenters. The molecule has 0 aliphatic rings. The van der Waals surface area contributed by atoms with Crippen LogP contribution in [0.15, 0.2) is 52.1 Å². The van der Waals surface area contributed by atoms with Gasteiger partial charge in [-0.25, -0.2) is 22.2 Å². The molecular formula is C19H18F3N3O6S. The molecular weight excluding hydrogens is 455 g/mol. The van der Waals surface area contributed by atoms with Crippen molar-refractivity contribution in [1.29, 1.82) is 0 Å². The predicted octanol–water partition coefficient (Wildman–Crippen LogP) is 3.10. The number of halogens is 3. The van der Waals surface area contributed by atoms with Crippen molar-refractivity contribution in [1.82, 2.24) is 14.1 Å². The number of carbonyl (C=O) groups is 1. The van der Waals surface area contributed by atoms with Crippen molar-refractivity contribution in [3.8, 4) is 11.4 Å². The first kappa shape index (κ1) is 23.3. The molecule has 0 aliphatic carbocycles. The van der Waals surface area contributed by atoms with E-state index in [1.54, 1.807) is 0 Å². The number of alkyl halides is 3. The van der Waals surface area contributed by atoms with Crippen LogP contribution >= 0.6 is 0 Å². The molecule has 172 valence electrons. The third kappa shape index (κ3) is 4.78. The zero-order valence-corrected chi connectivity index (χ0v) is 17.9. The Labute approximate surface area is 181 Å². The number of ether oxygens (including phenoxy) is 2. The van der Waals surface area contributed by atoms with E-state index >= 15 is 0 Å². The number of sulfonamides is 1. The normalized spacial score (nSPS) is 12.2. The number of rotatable bonds is 7. The summed E-state index contributed by atoms with van der Waals surface area (Å²) in [5.74, 6) is -0.904. The predicted molar refractivity (Wildman–Crippen MR) is 104 cm³/mol. The number of benzene rings is 1. The van der Waals surface area contributed by atoms with Gasteiger partial charge < -0.3 is 13.9 Å². The standard InChI is InChI=1S/C19H18F3N3O6S/c1-24(2)32(27,28)16-8-7-14(31-16)11-30-18(26)17-15(29-3)10-25(23-17)13-6-4-5-12(9-13)19(20,21)22/h4-10H,11H2,1-3H3. The van der Waals surface area contributed by atoms with Gasteiger partial charge in [0.1, 0.15) is 12.4 Å². The SMILES string of the molecule is COc1cn(-c2cccc(C(F)(F)F)c2)nc1C(=O)OCc1ccc(S(=O)(=O)N(C)C)o1. The van der Waals surface area contributed by atoms with E-state index in [4.69, 9.17) is 13.9 Å². The molecule has 0 N–H and O–H groups in total. The highest BCUT2D eigenvalue weighted by Gasteiger charge is 2.31. The van der Waals surface area contributed by atoms with Crippen LogP contribution in [0.5, 0.6) is 5.75 Å². The molecule has 0 spiro atoms. The molecule has 13 heteroatoms. The van der Waals surface area contributed by atoms with E-state index in [1.165, 1.54) is 51.7 Å². The molecule has 0 saturated heterocycles. The summed E-state index contributed by atoms with van der Waals surface area (Å²) in [7, 11) is 0.146. The van der Waals surface area contributed by atoms with E-state index in [0.717, 1.165) is 21.1 Å². The quantitative estimate of drug-likeness (QED) is 0.486. The second-order valence-electron chi connectivity index (χ2n) is 6.62. The maximum Gasteiger partial charge on any atom is 0.416 e. The average Bonchev–Trinajstić information content (AvgIpc) is 3.39. The summed E-state index contributed by atoms with van der Waals surface area (Å²) < 4.78 is 80.4. The topological polar surface area (TPSA) is 104 Å². The van der Waals surface area contributed by atoms with Crippen LogP contribution in [0, 0.1) is 0 Å². The molecule has 9 nitrogen and oxygen atoms in total. The number of carbonyl (C=O) groups excluding carboxylic acids is 1. The molecule has 1 aromatic carbocycles. The molecule has 0 radical (unpaired) electrons. The van der Waals surface area contributed by atoms with Crippen LogP contribution in [0.2, 0.25) is 0 Å². The fraction of sp³-hybridized carbons (Fsp3) is 0.263. The van der Waals surface area contributed by atoms with E-state index in [-0.39, 0.29) is 28.0 Å². The Morgan fingerprint density at radius 1 is 1.22 bits per heavy atom. The van der Waals surface area contributed by atoms with Gasteiger partial charge >= 0.3 is 12.1 Å². The van der Waals surface area contributed by atoms with Crippen molar-refractivity contribution in [3.05, 3.63) is 59.6 Å². The summed E-state index contributed by atoms with van der Waals surface area (Å²) in [5.41, 5.74) is -1.10. The van der Waals surface area contributed by atoms with Crippen LogP contribution in [-0.4, -0.2) is 49.7 Å². The van der Waals surface area contributed by atoms with Crippen LogP contribution in [-0.2, 0) is 27.5 Å². The highest BCUT2D eigenvalue weighted by atomic mass is 32.2. The number of methoxy groups -OCH3 is 1. The summed E-state index contributed by atoms with van der Waals surface area (Å²) in [6.45, 7) is -0.401. The second kappa shape index (κ2) is 8.67. The molecule has 0 unspecified atom stereocenters. The van der Waals surface area contributed by atoms with Crippen molar-refractivity contribution >= 4 is 16.0 Å².